The molecular formula is C19H26N3O5+. The lowest BCUT2D eigenvalue weighted by atomic mass is 10.0. The number of fused-ring (bicyclic) bond motifs is 1. The van der Waals surface area contributed by atoms with Gasteiger partial charge in [-0.25, -0.2) is 0 Å². The highest BCUT2D eigenvalue weighted by Gasteiger charge is 2.22. The van der Waals surface area contributed by atoms with Crippen LogP contribution in [-0.2, 0) is 4.79 Å². The van der Waals surface area contributed by atoms with Gasteiger partial charge in [0.15, 0.2) is 11.5 Å². The monoisotopic (exact) mass is 376 g/mol. The third-order valence-corrected chi connectivity index (χ3v) is 5.19. The average molecular weight is 376 g/mol. The van der Waals surface area contributed by atoms with Gasteiger partial charge in [-0.3, -0.25) is 14.9 Å². The Balaban J connectivity index is 1.50. The molecule has 0 aromatic heterocycles. The normalized spacial score (nSPS) is 21.4. The minimum Gasteiger partial charge on any atom is -0.454 e. The summed E-state index contributed by atoms with van der Waals surface area (Å²) in [5, 5.41) is 14.1. The Morgan fingerprint density at radius 3 is 2.89 bits per heavy atom. The molecule has 1 saturated heterocycles. The number of nitrogens with zero attached hydrogens (tertiary/aromatic N) is 1. The number of nitro groups is 1. The number of amides is 1. The van der Waals surface area contributed by atoms with Crippen molar-refractivity contribution >= 4 is 17.7 Å². The maximum absolute atomic E-state index is 12.0. The van der Waals surface area contributed by atoms with Gasteiger partial charge in [0.05, 0.1) is 35.7 Å². The van der Waals surface area contributed by atoms with E-state index in [0.717, 1.165) is 13.0 Å². The van der Waals surface area contributed by atoms with Crippen molar-refractivity contribution < 1.29 is 24.1 Å². The minimum atomic E-state index is -0.498. The molecular weight excluding hydrogens is 350 g/mol. The molecule has 1 aromatic carbocycles. The number of piperidine rings is 1. The second kappa shape index (κ2) is 8.85. The Morgan fingerprint density at radius 2 is 2.15 bits per heavy atom. The van der Waals surface area contributed by atoms with Gasteiger partial charge in [0.2, 0.25) is 12.7 Å². The van der Waals surface area contributed by atoms with Crippen molar-refractivity contribution in [2.45, 2.75) is 38.6 Å². The maximum Gasteiger partial charge on any atom is 0.280 e. The lowest BCUT2D eigenvalue weighted by Gasteiger charge is -2.30. The van der Waals surface area contributed by atoms with Crippen molar-refractivity contribution in [2.75, 3.05) is 26.4 Å². The first-order valence-electron chi connectivity index (χ1n) is 9.43. The number of rotatable bonds is 7. The first-order chi connectivity index (χ1) is 13.0. The van der Waals surface area contributed by atoms with Crippen LogP contribution in [0.4, 0.5) is 5.69 Å². The molecule has 8 nitrogen and oxygen atoms in total. The third-order valence-electron chi connectivity index (χ3n) is 5.19. The van der Waals surface area contributed by atoms with Crippen LogP contribution in [0.3, 0.4) is 0 Å². The molecule has 2 N–H and O–H groups in total. The zero-order valence-corrected chi connectivity index (χ0v) is 15.5. The Hall–Kier alpha value is -2.61. The number of nitro benzene ring substituents is 1. The van der Waals surface area contributed by atoms with Crippen LogP contribution in [0.5, 0.6) is 11.5 Å². The maximum atomic E-state index is 12.0. The Labute approximate surface area is 158 Å². The third kappa shape index (κ3) is 4.97. The fourth-order valence-corrected chi connectivity index (χ4v) is 3.61. The van der Waals surface area contributed by atoms with Crippen LogP contribution in [0.25, 0.3) is 6.08 Å². The smallest absolute Gasteiger partial charge is 0.280 e. The summed E-state index contributed by atoms with van der Waals surface area (Å²) >= 11 is 0. The molecule has 1 unspecified atom stereocenters. The minimum absolute atomic E-state index is 0.0394. The molecule has 2 aliphatic heterocycles. The van der Waals surface area contributed by atoms with E-state index in [4.69, 9.17) is 9.47 Å². The molecule has 1 fully saturated rings. The molecule has 146 valence electrons. The van der Waals surface area contributed by atoms with E-state index in [2.05, 4.69) is 12.2 Å². The summed E-state index contributed by atoms with van der Waals surface area (Å²) in [6.07, 6.45) is 7.55. The first-order valence-corrected chi connectivity index (χ1v) is 9.43. The van der Waals surface area contributed by atoms with E-state index >= 15 is 0 Å². The summed E-state index contributed by atoms with van der Waals surface area (Å²) in [4.78, 5) is 24.4. The molecule has 1 amide bonds. The number of ether oxygens (including phenoxy) is 2. The van der Waals surface area contributed by atoms with E-state index in [0.29, 0.717) is 29.6 Å². The second-order valence-corrected chi connectivity index (χ2v) is 7.05. The van der Waals surface area contributed by atoms with E-state index in [9.17, 15) is 14.9 Å². The van der Waals surface area contributed by atoms with Crippen LogP contribution in [0.2, 0.25) is 0 Å². The lowest BCUT2D eigenvalue weighted by molar-refractivity contribution is -0.928. The fourth-order valence-electron chi connectivity index (χ4n) is 3.61. The summed E-state index contributed by atoms with van der Waals surface area (Å²) in [5.74, 6) is 0.528. The van der Waals surface area contributed by atoms with Crippen LogP contribution in [0.15, 0.2) is 18.2 Å². The highest BCUT2D eigenvalue weighted by molar-refractivity contribution is 5.92. The Morgan fingerprint density at radius 1 is 1.37 bits per heavy atom. The van der Waals surface area contributed by atoms with Gasteiger partial charge < -0.3 is 19.7 Å². The Kier molecular flexibility index (Phi) is 6.28. The Bertz CT molecular complexity index is 734. The van der Waals surface area contributed by atoms with Crippen molar-refractivity contribution in [3.05, 3.63) is 33.9 Å². The van der Waals surface area contributed by atoms with Crippen LogP contribution in [0.1, 0.15) is 38.2 Å². The quantitative estimate of drug-likeness (QED) is 0.324. The number of hydrogen-bond acceptors (Lipinski definition) is 5. The van der Waals surface area contributed by atoms with Gasteiger partial charge >= 0.3 is 0 Å². The van der Waals surface area contributed by atoms with Gasteiger partial charge in [-0.2, -0.15) is 0 Å². The van der Waals surface area contributed by atoms with Crippen LogP contribution >= 0.6 is 0 Å². The van der Waals surface area contributed by atoms with E-state index < -0.39 is 4.92 Å². The van der Waals surface area contributed by atoms with Gasteiger partial charge in [-0.15, -0.1) is 0 Å². The molecule has 0 bridgehead atoms. The highest BCUT2D eigenvalue weighted by Crippen LogP contribution is 2.38. The van der Waals surface area contributed by atoms with Crippen LogP contribution in [0, 0.1) is 10.1 Å². The number of benzene rings is 1. The zero-order valence-electron chi connectivity index (χ0n) is 15.5. The standard InChI is InChI=1S/C19H25N3O5/c1-14-5-2-3-9-21(14)10-4-8-20-19(23)7-6-15-11-17-18(27-13-26-17)12-16(15)22(24)25/h6-7,11-12,14H,2-5,8-10,13H2,1H3,(H,20,23)/p+1/b7-6+/t14-/m0/s1. The van der Waals surface area contributed by atoms with Gasteiger partial charge in [0.1, 0.15) is 0 Å². The predicted molar refractivity (Wildman–Crippen MR) is 99.9 cm³/mol. The number of carbonyl (C=O) groups excluding carboxylic acids is 1. The second-order valence-electron chi connectivity index (χ2n) is 7.05. The van der Waals surface area contributed by atoms with Crippen molar-refractivity contribution in [3.63, 3.8) is 0 Å². The largest absolute Gasteiger partial charge is 0.454 e. The summed E-state index contributed by atoms with van der Waals surface area (Å²) in [5.41, 5.74) is 0.192. The molecule has 2 atom stereocenters. The van der Waals surface area contributed by atoms with E-state index in [1.165, 1.54) is 50.1 Å². The fraction of sp³-hybridized carbons (Fsp3) is 0.526. The van der Waals surface area contributed by atoms with Crippen LogP contribution in [-0.4, -0.2) is 43.3 Å². The number of hydrogen-bond donors (Lipinski definition) is 2. The molecule has 27 heavy (non-hydrogen) atoms. The highest BCUT2D eigenvalue weighted by atomic mass is 16.7. The van der Waals surface area contributed by atoms with E-state index in [-0.39, 0.29) is 18.4 Å². The topological polar surface area (TPSA) is 95.1 Å². The predicted octanol–water partition coefficient (Wildman–Crippen LogP) is 1.30. The summed E-state index contributed by atoms with van der Waals surface area (Å²) in [6, 6.07) is 3.54. The van der Waals surface area contributed by atoms with Crippen molar-refractivity contribution in [3.8, 4) is 11.5 Å². The molecule has 3 rings (SSSR count). The SMILES string of the molecule is C[C@H]1CCCC[NH+]1CCCNC(=O)/C=C/c1cc2c(cc1[N+](=O)[O-])OCO2. The summed E-state index contributed by atoms with van der Waals surface area (Å²) in [6.45, 7) is 5.19. The average Bonchev–Trinajstić information content (AvgIpc) is 3.11. The van der Waals surface area contributed by atoms with Gasteiger partial charge in [-0.05, 0) is 38.3 Å². The van der Waals surface area contributed by atoms with Gasteiger partial charge in [0.25, 0.3) is 5.69 Å². The van der Waals surface area contributed by atoms with Gasteiger partial charge in [0, 0.05) is 19.0 Å². The first kappa shape index (κ1) is 19.2. The number of quaternary nitrogens is 1. The molecule has 0 radical (unpaired) electrons. The number of likely N-dealkylation sites (tertiary alicyclic amines) is 1. The molecule has 8 heteroatoms. The molecule has 2 aliphatic rings. The zero-order chi connectivity index (χ0) is 19.2. The van der Waals surface area contributed by atoms with Crippen molar-refractivity contribution in [2.24, 2.45) is 0 Å². The molecule has 2 heterocycles. The molecule has 1 aromatic rings. The summed E-state index contributed by atoms with van der Waals surface area (Å²) in [7, 11) is 0. The van der Waals surface area contributed by atoms with Crippen LogP contribution < -0.4 is 19.7 Å². The number of nitrogens with one attached hydrogen (secondary N) is 2. The summed E-state index contributed by atoms with van der Waals surface area (Å²) < 4.78 is 10.4. The van der Waals surface area contributed by atoms with E-state index in [1.807, 2.05) is 0 Å². The molecule has 0 saturated carbocycles. The number of carbonyl (C=O) groups is 1. The van der Waals surface area contributed by atoms with E-state index in [1.54, 1.807) is 4.90 Å². The van der Waals surface area contributed by atoms with Gasteiger partial charge in [-0.1, -0.05) is 0 Å². The lowest BCUT2D eigenvalue weighted by Crippen LogP contribution is -3.16. The molecule has 0 spiro atoms. The molecule has 0 aliphatic carbocycles. The van der Waals surface area contributed by atoms with Crippen molar-refractivity contribution in [1.82, 2.24) is 5.32 Å². The van der Waals surface area contributed by atoms with Crippen molar-refractivity contribution in [1.29, 1.82) is 0 Å².